The molecule has 7 nitrogen and oxygen atoms in total. The fourth-order valence-corrected chi connectivity index (χ4v) is 2.60. The largest absolute Gasteiger partial charge is 0.481 e. The maximum absolute atomic E-state index is 12.2. The fourth-order valence-electron chi connectivity index (χ4n) is 2.60. The summed E-state index contributed by atoms with van der Waals surface area (Å²) in [6.07, 6.45) is 3.39. The number of hydrogen-bond acceptors (Lipinski definition) is 3. The van der Waals surface area contributed by atoms with E-state index in [9.17, 15) is 14.7 Å². The first-order valence-electron chi connectivity index (χ1n) is 7.09. The molecule has 21 heavy (non-hydrogen) atoms. The standard InChI is InChI=1S/C14H22N4O3/c1-14(2,12(19)20)10-5-4-7-18(9-10)13(21)15-11-6-8-17(3)16-11/h6,8,10H,4-5,7,9H2,1-3H3,(H,19,20)(H,15,16,21). The quantitative estimate of drug-likeness (QED) is 0.889. The van der Waals surface area contributed by atoms with Crippen molar-refractivity contribution in [3.63, 3.8) is 0 Å². The van der Waals surface area contributed by atoms with Crippen molar-refractivity contribution in [3.8, 4) is 0 Å². The average molecular weight is 294 g/mol. The van der Waals surface area contributed by atoms with Crippen molar-refractivity contribution in [2.75, 3.05) is 18.4 Å². The lowest BCUT2D eigenvalue weighted by molar-refractivity contribution is -0.151. The van der Waals surface area contributed by atoms with Crippen LogP contribution in [0.5, 0.6) is 0 Å². The summed E-state index contributed by atoms with van der Waals surface area (Å²) >= 11 is 0. The monoisotopic (exact) mass is 294 g/mol. The maximum Gasteiger partial charge on any atom is 0.323 e. The predicted octanol–water partition coefficient (Wildman–Crippen LogP) is 1.77. The summed E-state index contributed by atoms with van der Waals surface area (Å²) in [4.78, 5) is 25.3. The van der Waals surface area contributed by atoms with E-state index in [2.05, 4.69) is 10.4 Å². The van der Waals surface area contributed by atoms with Crippen molar-refractivity contribution >= 4 is 17.8 Å². The first-order valence-corrected chi connectivity index (χ1v) is 7.09. The van der Waals surface area contributed by atoms with E-state index in [1.165, 1.54) is 0 Å². The second-order valence-corrected chi connectivity index (χ2v) is 6.12. The van der Waals surface area contributed by atoms with E-state index in [-0.39, 0.29) is 11.9 Å². The number of urea groups is 1. The van der Waals surface area contributed by atoms with Gasteiger partial charge in [0.05, 0.1) is 5.41 Å². The molecule has 0 bridgehead atoms. The third-order valence-corrected chi connectivity index (χ3v) is 4.23. The van der Waals surface area contributed by atoms with Gasteiger partial charge in [0, 0.05) is 32.4 Å². The third kappa shape index (κ3) is 3.34. The minimum atomic E-state index is -0.829. The highest BCUT2D eigenvalue weighted by atomic mass is 16.4. The number of aromatic nitrogens is 2. The van der Waals surface area contributed by atoms with Crippen LogP contribution in [-0.4, -0.2) is 44.9 Å². The van der Waals surface area contributed by atoms with Crippen molar-refractivity contribution in [2.45, 2.75) is 26.7 Å². The molecular formula is C14H22N4O3. The summed E-state index contributed by atoms with van der Waals surface area (Å²) < 4.78 is 1.61. The van der Waals surface area contributed by atoms with Gasteiger partial charge in [0.2, 0.25) is 0 Å². The van der Waals surface area contributed by atoms with Crippen molar-refractivity contribution < 1.29 is 14.7 Å². The van der Waals surface area contributed by atoms with Gasteiger partial charge in [0.15, 0.2) is 5.82 Å². The molecule has 1 saturated heterocycles. The van der Waals surface area contributed by atoms with Crippen LogP contribution in [0, 0.1) is 11.3 Å². The Hall–Kier alpha value is -2.05. The Kier molecular flexibility index (Phi) is 4.20. The number of carbonyl (C=O) groups is 2. The normalized spacial score (nSPS) is 19.4. The number of carboxylic acids is 1. The molecule has 116 valence electrons. The Morgan fingerprint density at radius 3 is 2.76 bits per heavy atom. The van der Waals surface area contributed by atoms with Crippen LogP contribution in [0.2, 0.25) is 0 Å². The van der Waals surface area contributed by atoms with Gasteiger partial charge in [-0.1, -0.05) is 0 Å². The summed E-state index contributed by atoms with van der Waals surface area (Å²) in [5.74, 6) is -0.361. The maximum atomic E-state index is 12.2. The highest BCUT2D eigenvalue weighted by Gasteiger charge is 2.40. The number of likely N-dealkylation sites (tertiary alicyclic amines) is 1. The molecule has 1 aromatic rings. The van der Waals surface area contributed by atoms with E-state index in [1.54, 1.807) is 42.7 Å². The number of amides is 2. The molecule has 7 heteroatoms. The molecule has 0 saturated carbocycles. The summed E-state index contributed by atoms with van der Waals surface area (Å²) in [6, 6.07) is 1.50. The minimum absolute atomic E-state index is 0.0433. The number of aryl methyl sites for hydroxylation is 1. The molecule has 1 unspecified atom stereocenters. The van der Waals surface area contributed by atoms with Gasteiger partial charge in [-0.15, -0.1) is 0 Å². The Morgan fingerprint density at radius 1 is 1.48 bits per heavy atom. The second-order valence-electron chi connectivity index (χ2n) is 6.12. The molecule has 1 fully saturated rings. The number of nitrogens with zero attached hydrogens (tertiary/aromatic N) is 3. The van der Waals surface area contributed by atoms with Gasteiger partial charge in [-0.3, -0.25) is 14.8 Å². The zero-order valence-electron chi connectivity index (χ0n) is 12.7. The number of piperidine rings is 1. The van der Waals surface area contributed by atoms with Crippen molar-refractivity contribution in [3.05, 3.63) is 12.3 Å². The van der Waals surface area contributed by atoms with Gasteiger partial charge >= 0.3 is 12.0 Å². The molecule has 2 amide bonds. The zero-order chi connectivity index (χ0) is 15.6. The fraction of sp³-hybridized carbons (Fsp3) is 0.643. The van der Waals surface area contributed by atoms with Crippen molar-refractivity contribution in [1.29, 1.82) is 0 Å². The van der Waals surface area contributed by atoms with Crippen LogP contribution in [0.25, 0.3) is 0 Å². The smallest absolute Gasteiger partial charge is 0.323 e. The molecule has 1 aliphatic heterocycles. The summed E-state index contributed by atoms with van der Waals surface area (Å²) in [5.41, 5.74) is -0.829. The van der Waals surface area contributed by atoms with Gasteiger partial charge in [-0.05, 0) is 32.6 Å². The van der Waals surface area contributed by atoms with Crippen LogP contribution in [-0.2, 0) is 11.8 Å². The molecular weight excluding hydrogens is 272 g/mol. The predicted molar refractivity (Wildman–Crippen MR) is 77.9 cm³/mol. The van der Waals surface area contributed by atoms with Crippen LogP contribution >= 0.6 is 0 Å². The summed E-state index contributed by atoms with van der Waals surface area (Å²) in [7, 11) is 1.78. The highest BCUT2D eigenvalue weighted by Crippen LogP contribution is 2.34. The average Bonchev–Trinajstić information content (AvgIpc) is 2.84. The van der Waals surface area contributed by atoms with Crippen LogP contribution in [0.15, 0.2) is 12.3 Å². The number of aliphatic carboxylic acids is 1. The van der Waals surface area contributed by atoms with Crippen molar-refractivity contribution in [1.82, 2.24) is 14.7 Å². The number of carboxylic acid groups (broad SMARTS) is 1. The molecule has 0 spiro atoms. The van der Waals surface area contributed by atoms with Gasteiger partial charge in [0.25, 0.3) is 0 Å². The molecule has 2 rings (SSSR count). The van der Waals surface area contributed by atoms with Crippen molar-refractivity contribution in [2.24, 2.45) is 18.4 Å². The second kappa shape index (κ2) is 5.75. The SMILES string of the molecule is Cn1ccc(NC(=O)N2CCCC(C(C)(C)C(=O)O)C2)n1. The van der Waals surface area contributed by atoms with Crippen LogP contribution < -0.4 is 5.32 Å². The Bertz CT molecular complexity index is 538. The van der Waals surface area contributed by atoms with Crippen LogP contribution in [0.3, 0.4) is 0 Å². The van der Waals surface area contributed by atoms with E-state index in [4.69, 9.17) is 0 Å². The number of carbonyl (C=O) groups excluding carboxylic acids is 1. The van der Waals surface area contributed by atoms with E-state index in [1.807, 2.05) is 0 Å². The lowest BCUT2D eigenvalue weighted by Crippen LogP contribution is -2.48. The molecule has 1 aliphatic rings. The zero-order valence-corrected chi connectivity index (χ0v) is 12.7. The number of anilines is 1. The third-order valence-electron chi connectivity index (χ3n) is 4.23. The number of hydrogen-bond donors (Lipinski definition) is 2. The van der Waals surface area contributed by atoms with Crippen LogP contribution in [0.4, 0.5) is 10.6 Å². The van der Waals surface area contributed by atoms with Gasteiger partial charge in [0.1, 0.15) is 0 Å². The van der Waals surface area contributed by atoms with Gasteiger partial charge in [-0.2, -0.15) is 5.10 Å². The lowest BCUT2D eigenvalue weighted by Gasteiger charge is -2.39. The summed E-state index contributed by atoms with van der Waals surface area (Å²) in [6.45, 7) is 4.54. The van der Waals surface area contributed by atoms with Crippen LogP contribution in [0.1, 0.15) is 26.7 Å². The molecule has 0 radical (unpaired) electrons. The van der Waals surface area contributed by atoms with Gasteiger partial charge < -0.3 is 10.0 Å². The molecule has 0 aliphatic carbocycles. The molecule has 2 N–H and O–H groups in total. The van der Waals surface area contributed by atoms with E-state index < -0.39 is 11.4 Å². The Labute approximate surface area is 123 Å². The molecule has 1 aromatic heterocycles. The van der Waals surface area contributed by atoms with E-state index in [0.29, 0.717) is 18.9 Å². The first kappa shape index (κ1) is 15.3. The summed E-state index contributed by atoms with van der Waals surface area (Å²) in [5, 5.41) is 16.2. The number of rotatable bonds is 3. The number of nitrogens with one attached hydrogen (secondary N) is 1. The minimum Gasteiger partial charge on any atom is -0.481 e. The van der Waals surface area contributed by atoms with Gasteiger partial charge in [-0.25, -0.2) is 4.79 Å². The lowest BCUT2D eigenvalue weighted by atomic mass is 9.74. The van der Waals surface area contributed by atoms with E-state index in [0.717, 1.165) is 12.8 Å². The Morgan fingerprint density at radius 2 is 2.19 bits per heavy atom. The first-order chi connectivity index (χ1) is 9.80. The molecule has 0 aromatic carbocycles. The molecule has 1 atom stereocenters. The Balaban J connectivity index is 2.00. The molecule has 2 heterocycles. The van der Waals surface area contributed by atoms with E-state index >= 15 is 0 Å². The highest BCUT2D eigenvalue weighted by molar-refractivity contribution is 5.88. The topological polar surface area (TPSA) is 87.5 Å².